The maximum Gasteiger partial charge on any atom is 0.282 e. The fraction of sp³-hybridized carbons (Fsp3) is 0.357. The molecule has 0 aliphatic carbocycles. The van der Waals surface area contributed by atoms with Crippen molar-refractivity contribution in [3.63, 3.8) is 0 Å². The minimum absolute atomic E-state index is 0.106. The van der Waals surface area contributed by atoms with Crippen LogP contribution >= 0.6 is 22.9 Å². The highest BCUT2D eigenvalue weighted by molar-refractivity contribution is 7.19. The second kappa shape index (κ2) is 6.15. The van der Waals surface area contributed by atoms with Gasteiger partial charge in [-0.05, 0) is 29.1 Å². The predicted octanol–water partition coefficient (Wildman–Crippen LogP) is 4.56. The van der Waals surface area contributed by atoms with Gasteiger partial charge in [-0.15, -0.1) is 11.3 Å². The molecule has 0 saturated heterocycles. The summed E-state index contributed by atoms with van der Waals surface area (Å²) < 4.78 is 39.1. The van der Waals surface area contributed by atoms with Gasteiger partial charge in [0.25, 0.3) is 5.92 Å². The molecule has 1 heterocycles. The van der Waals surface area contributed by atoms with E-state index in [2.05, 4.69) is 0 Å². The summed E-state index contributed by atoms with van der Waals surface area (Å²) in [5, 5.41) is -0.122. The molecule has 114 valence electrons. The summed E-state index contributed by atoms with van der Waals surface area (Å²) in [6, 6.07) is 4.71. The maximum absolute atomic E-state index is 14.1. The van der Waals surface area contributed by atoms with Crippen molar-refractivity contribution in [3.8, 4) is 11.5 Å². The molecule has 0 N–H and O–H groups in total. The molecule has 0 atom stereocenters. The molecule has 1 aromatic carbocycles. The topological polar surface area (TPSA) is 35.5 Å². The Balaban J connectivity index is 2.40. The molecule has 0 unspecified atom stereocenters. The molecular formula is C14H13ClF2O3S. The Morgan fingerprint density at radius 3 is 2.43 bits per heavy atom. The lowest BCUT2D eigenvalue weighted by Gasteiger charge is -2.12. The van der Waals surface area contributed by atoms with Gasteiger partial charge < -0.3 is 9.47 Å². The van der Waals surface area contributed by atoms with Crippen LogP contribution in [0.3, 0.4) is 0 Å². The molecule has 0 aliphatic rings. The first kappa shape index (κ1) is 16.0. The summed E-state index contributed by atoms with van der Waals surface area (Å²) >= 11 is 6.09. The van der Waals surface area contributed by atoms with Gasteiger partial charge in [-0.2, -0.15) is 0 Å². The average Bonchev–Trinajstić information content (AvgIpc) is 2.87. The first-order valence-electron chi connectivity index (χ1n) is 6.09. The summed E-state index contributed by atoms with van der Waals surface area (Å²) in [4.78, 5) is 10.6. The highest BCUT2D eigenvalue weighted by Crippen LogP contribution is 2.43. The molecule has 0 fully saturated rings. The molecule has 7 heteroatoms. The molecule has 2 rings (SSSR count). The molecule has 0 amide bonds. The third-order valence-corrected chi connectivity index (χ3v) is 4.42. The number of hydrogen-bond donors (Lipinski definition) is 0. The molecule has 0 bridgehead atoms. The van der Waals surface area contributed by atoms with E-state index in [-0.39, 0.29) is 11.3 Å². The number of carbonyl (C=O) groups excluding carboxylic acids is 1. The predicted molar refractivity (Wildman–Crippen MR) is 78.9 cm³/mol. The first-order valence-corrected chi connectivity index (χ1v) is 7.29. The number of alkyl halides is 2. The molecule has 21 heavy (non-hydrogen) atoms. The summed E-state index contributed by atoms with van der Waals surface area (Å²) in [6.07, 6.45) is -0.966. The minimum Gasteiger partial charge on any atom is -0.493 e. The van der Waals surface area contributed by atoms with Gasteiger partial charge >= 0.3 is 0 Å². The Kier molecular flexibility index (Phi) is 4.68. The van der Waals surface area contributed by atoms with Crippen molar-refractivity contribution in [2.75, 3.05) is 14.2 Å². The van der Waals surface area contributed by atoms with Gasteiger partial charge in [0.2, 0.25) is 5.24 Å². The van der Waals surface area contributed by atoms with E-state index in [0.717, 1.165) is 11.3 Å². The van der Waals surface area contributed by atoms with E-state index in [1.54, 1.807) is 12.1 Å². The Bertz CT molecular complexity index is 629. The molecule has 0 saturated carbocycles. The SMILES string of the molecule is COc1cc2cc(C(F)(F)CCC(=O)Cl)sc2cc1OC. The minimum atomic E-state index is -3.09. The van der Waals surface area contributed by atoms with Crippen LogP contribution in [0.1, 0.15) is 17.7 Å². The number of thiophene rings is 1. The number of halogens is 3. The van der Waals surface area contributed by atoms with Gasteiger partial charge in [0.1, 0.15) is 0 Å². The molecule has 3 nitrogen and oxygen atoms in total. The summed E-state index contributed by atoms with van der Waals surface area (Å²) in [7, 11) is 2.97. The van der Waals surface area contributed by atoms with Crippen LogP contribution in [0.5, 0.6) is 11.5 Å². The van der Waals surface area contributed by atoms with Crippen LogP contribution in [-0.2, 0) is 10.7 Å². The van der Waals surface area contributed by atoms with Gasteiger partial charge in [-0.3, -0.25) is 4.79 Å². The standard InChI is InChI=1S/C14H13ClF2O3S/c1-19-9-5-8-6-12(14(16,17)4-3-13(15)18)21-11(8)7-10(9)20-2/h5-7H,3-4H2,1-2H3. The lowest BCUT2D eigenvalue weighted by Crippen LogP contribution is -2.12. The van der Waals surface area contributed by atoms with Crippen LogP contribution in [0.25, 0.3) is 10.1 Å². The van der Waals surface area contributed by atoms with Crippen LogP contribution in [0.2, 0.25) is 0 Å². The van der Waals surface area contributed by atoms with Crippen molar-refractivity contribution in [2.45, 2.75) is 18.8 Å². The van der Waals surface area contributed by atoms with Crippen molar-refractivity contribution in [1.29, 1.82) is 0 Å². The van der Waals surface area contributed by atoms with Crippen molar-refractivity contribution in [2.24, 2.45) is 0 Å². The average molecular weight is 335 g/mol. The summed E-state index contributed by atoms with van der Waals surface area (Å²) in [5.74, 6) is -2.12. The number of benzene rings is 1. The number of hydrogen-bond acceptors (Lipinski definition) is 4. The number of carbonyl (C=O) groups is 1. The molecule has 2 aromatic rings. The van der Waals surface area contributed by atoms with Crippen molar-refractivity contribution >= 4 is 38.3 Å². The van der Waals surface area contributed by atoms with Gasteiger partial charge in [-0.1, -0.05) is 0 Å². The second-order valence-corrected chi connectivity index (χ2v) is 5.92. The monoisotopic (exact) mass is 334 g/mol. The van der Waals surface area contributed by atoms with E-state index in [4.69, 9.17) is 21.1 Å². The summed E-state index contributed by atoms with van der Waals surface area (Å²) in [6.45, 7) is 0. The fourth-order valence-electron chi connectivity index (χ4n) is 1.93. The highest BCUT2D eigenvalue weighted by atomic mass is 35.5. The maximum atomic E-state index is 14.1. The van der Waals surface area contributed by atoms with Crippen LogP contribution in [-0.4, -0.2) is 19.5 Å². The lowest BCUT2D eigenvalue weighted by atomic mass is 10.1. The smallest absolute Gasteiger partial charge is 0.282 e. The summed E-state index contributed by atoms with van der Waals surface area (Å²) in [5.41, 5.74) is 0. The van der Waals surface area contributed by atoms with Crippen LogP contribution in [0, 0.1) is 0 Å². The zero-order valence-electron chi connectivity index (χ0n) is 11.4. The molecule has 0 radical (unpaired) electrons. The van der Waals surface area contributed by atoms with E-state index in [1.807, 2.05) is 0 Å². The van der Waals surface area contributed by atoms with Gasteiger partial charge in [-0.25, -0.2) is 8.78 Å². The highest BCUT2D eigenvalue weighted by Gasteiger charge is 2.34. The first-order chi connectivity index (χ1) is 9.87. The quantitative estimate of drug-likeness (QED) is 0.727. The molecule has 0 aliphatic heterocycles. The Morgan fingerprint density at radius 1 is 1.24 bits per heavy atom. The number of fused-ring (bicyclic) bond motifs is 1. The number of methoxy groups -OCH3 is 2. The van der Waals surface area contributed by atoms with Gasteiger partial charge in [0, 0.05) is 23.6 Å². The Morgan fingerprint density at radius 2 is 1.86 bits per heavy atom. The molecule has 1 aromatic heterocycles. The van der Waals surface area contributed by atoms with E-state index < -0.39 is 17.6 Å². The number of ether oxygens (including phenoxy) is 2. The Labute approximate surface area is 129 Å². The zero-order valence-corrected chi connectivity index (χ0v) is 13.0. The largest absolute Gasteiger partial charge is 0.493 e. The van der Waals surface area contributed by atoms with Crippen LogP contribution in [0.15, 0.2) is 18.2 Å². The van der Waals surface area contributed by atoms with Crippen LogP contribution in [0.4, 0.5) is 8.78 Å². The van der Waals surface area contributed by atoms with Crippen molar-refractivity contribution in [1.82, 2.24) is 0 Å². The molecule has 0 spiro atoms. The Hall–Kier alpha value is -1.40. The van der Waals surface area contributed by atoms with Crippen LogP contribution < -0.4 is 9.47 Å². The normalized spacial score (nSPS) is 11.7. The fourth-order valence-corrected chi connectivity index (χ4v) is 3.10. The third-order valence-electron chi connectivity index (χ3n) is 3.02. The van der Waals surface area contributed by atoms with Crippen molar-refractivity contribution in [3.05, 3.63) is 23.1 Å². The van der Waals surface area contributed by atoms with E-state index in [0.29, 0.717) is 21.6 Å². The van der Waals surface area contributed by atoms with E-state index in [9.17, 15) is 13.6 Å². The lowest BCUT2D eigenvalue weighted by molar-refractivity contribution is -0.113. The van der Waals surface area contributed by atoms with Gasteiger partial charge in [0.05, 0.1) is 19.1 Å². The molecular weight excluding hydrogens is 322 g/mol. The van der Waals surface area contributed by atoms with Gasteiger partial charge in [0.15, 0.2) is 11.5 Å². The van der Waals surface area contributed by atoms with Crippen molar-refractivity contribution < 1.29 is 23.0 Å². The number of rotatable bonds is 6. The second-order valence-electron chi connectivity index (χ2n) is 4.42. The van der Waals surface area contributed by atoms with E-state index in [1.165, 1.54) is 20.3 Å². The van der Waals surface area contributed by atoms with E-state index >= 15 is 0 Å². The zero-order chi connectivity index (χ0) is 15.6. The third kappa shape index (κ3) is 3.44.